The molecule has 0 radical (unpaired) electrons. The van der Waals surface area contributed by atoms with Crippen molar-refractivity contribution in [1.82, 2.24) is 5.32 Å². The molecule has 3 rings (SSSR count). The van der Waals surface area contributed by atoms with Crippen molar-refractivity contribution >= 4 is 33.6 Å². The zero-order valence-electron chi connectivity index (χ0n) is 25.3. The van der Waals surface area contributed by atoms with Crippen LogP contribution >= 0.6 is 15.9 Å². The van der Waals surface area contributed by atoms with Crippen LogP contribution in [0.15, 0.2) is 0 Å². The first-order chi connectivity index (χ1) is 19.2. The van der Waals surface area contributed by atoms with Crippen LogP contribution in [0.5, 0.6) is 0 Å². The SMILES string of the molecule is CO[C@@H]1CC[C@]23CC[C@@H](C)[C@](C)([C@H]12)[C@H](OC(=O)CBr)C[C@](C)(CCCCCCCCNC(=O)C(F)(F)F)C(=O)[C@@H]3C. The van der Waals surface area contributed by atoms with E-state index in [1.807, 2.05) is 5.32 Å². The summed E-state index contributed by atoms with van der Waals surface area (Å²) in [5.41, 5.74) is -1.10. The fourth-order valence-electron chi connectivity index (χ4n) is 8.73. The standard InChI is InChI=1S/C31H49BrF3NO5/c1-20-12-15-30-16-13-22(40-5)25(30)29(20,4)23(41-24(37)19-32)18-28(3,26(38)21(30)2)14-10-8-6-7-9-11-17-36-27(39)31(33,34)35/h20-23,25H,6-19H2,1-5H3,(H,36,39)/t20-,21+,22-,23-,25+,28+,29+,30+/m1/s1. The summed E-state index contributed by atoms with van der Waals surface area (Å²) < 4.78 is 49.2. The maximum absolute atomic E-state index is 14.4. The van der Waals surface area contributed by atoms with E-state index in [4.69, 9.17) is 9.47 Å². The molecule has 3 aliphatic carbocycles. The van der Waals surface area contributed by atoms with Gasteiger partial charge in [0.1, 0.15) is 17.2 Å². The molecule has 0 spiro atoms. The molecule has 3 saturated carbocycles. The molecule has 0 heterocycles. The van der Waals surface area contributed by atoms with Crippen LogP contribution < -0.4 is 5.32 Å². The van der Waals surface area contributed by atoms with Gasteiger partial charge in [0.05, 0.1) is 6.10 Å². The van der Waals surface area contributed by atoms with Crippen molar-refractivity contribution in [2.45, 2.75) is 123 Å². The first-order valence-electron chi connectivity index (χ1n) is 15.3. The molecule has 10 heteroatoms. The Kier molecular flexibility index (Phi) is 11.4. The maximum Gasteiger partial charge on any atom is 0.471 e. The summed E-state index contributed by atoms with van der Waals surface area (Å²) in [5.74, 6) is -1.57. The summed E-state index contributed by atoms with van der Waals surface area (Å²) in [6.07, 6.45) is 4.61. The number of esters is 1. The molecule has 0 aromatic carbocycles. The molecular weight excluding hydrogens is 603 g/mol. The van der Waals surface area contributed by atoms with Gasteiger partial charge in [-0.05, 0) is 56.3 Å². The molecule has 3 fully saturated rings. The number of methoxy groups -OCH3 is 1. The van der Waals surface area contributed by atoms with Gasteiger partial charge < -0.3 is 14.8 Å². The van der Waals surface area contributed by atoms with E-state index in [0.717, 1.165) is 57.8 Å². The molecule has 0 unspecified atom stereocenters. The van der Waals surface area contributed by atoms with Crippen LogP contribution in [0.2, 0.25) is 0 Å². The fraction of sp³-hybridized carbons (Fsp3) is 0.903. The number of amides is 1. The number of ether oxygens (including phenoxy) is 2. The lowest BCUT2D eigenvalue weighted by atomic mass is 9.43. The van der Waals surface area contributed by atoms with Gasteiger partial charge in [-0.2, -0.15) is 13.2 Å². The van der Waals surface area contributed by atoms with E-state index in [2.05, 4.69) is 43.6 Å². The predicted octanol–water partition coefficient (Wildman–Crippen LogP) is 7.17. The Morgan fingerprint density at radius 2 is 1.63 bits per heavy atom. The van der Waals surface area contributed by atoms with Gasteiger partial charge in [-0.1, -0.05) is 75.7 Å². The number of nitrogens with one attached hydrogen (secondary N) is 1. The summed E-state index contributed by atoms with van der Waals surface area (Å²) in [4.78, 5) is 38.0. The van der Waals surface area contributed by atoms with Crippen LogP contribution in [0, 0.1) is 34.0 Å². The van der Waals surface area contributed by atoms with Crippen molar-refractivity contribution in [1.29, 1.82) is 0 Å². The summed E-state index contributed by atoms with van der Waals surface area (Å²) in [6.45, 7) is 8.75. The lowest BCUT2D eigenvalue weighted by Crippen LogP contribution is -2.63. The summed E-state index contributed by atoms with van der Waals surface area (Å²) in [5, 5.41) is 2.02. The van der Waals surface area contributed by atoms with Crippen molar-refractivity contribution in [3.05, 3.63) is 0 Å². The van der Waals surface area contributed by atoms with Gasteiger partial charge >= 0.3 is 18.1 Å². The Morgan fingerprint density at radius 1 is 1.02 bits per heavy atom. The Balaban J connectivity index is 1.70. The molecule has 1 N–H and O–H groups in total. The number of unbranched alkanes of at least 4 members (excludes halogenated alkanes) is 5. The molecule has 3 aliphatic rings. The predicted molar refractivity (Wildman–Crippen MR) is 154 cm³/mol. The van der Waals surface area contributed by atoms with Crippen LogP contribution in [-0.2, 0) is 23.9 Å². The fourth-order valence-corrected chi connectivity index (χ4v) is 8.86. The lowest BCUT2D eigenvalue weighted by molar-refractivity contribution is -0.205. The second kappa shape index (κ2) is 13.6. The highest BCUT2D eigenvalue weighted by atomic mass is 79.9. The molecule has 1 amide bonds. The van der Waals surface area contributed by atoms with Crippen LogP contribution in [0.25, 0.3) is 0 Å². The first kappa shape index (κ1) is 34.3. The topological polar surface area (TPSA) is 81.7 Å². The van der Waals surface area contributed by atoms with E-state index in [0.29, 0.717) is 25.2 Å². The molecule has 0 aromatic rings. The molecular formula is C31H49BrF3NO5. The average Bonchev–Trinajstić information content (AvgIpc) is 3.32. The van der Waals surface area contributed by atoms with Gasteiger partial charge in [-0.3, -0.25) is 14.4 Å². The molecule has 6 nitrogen and oxygen atoms in total. The Bertz CT molecular complexity index is 947. The number of hydrogen-bond acceptors (Lipinski definition) is 5. The summed E-state index contributed by atoms with van der Waals surface area (Å²) >= 11 is 3.27. The van der Waals surface area contributed by atoms with Crippen molar-refractivity contribution in [3.63, 3.8) is 0 Å². The van der Waals surface area contributed by atoms with Crippen molar-refractivity contribution in [2.24, 2.45) is 34.0 Å². The highest BCUT2D eigenvalue weighted by molar-refractivity contribution is 9.09. The number of carbonyl (C=O) groups excluding carboxylic acids is 3. The number of Topliss-reactive ketones (excluding diaryl/α,β-unsaturated/α-hetero) is 1. The smallest absolute Gasteiger partial charge is 0.461 e. The minimum atomic E-state index is -4.84. The zero-order valence-corrected chi connectivity index (χ0v) is 26.9. The summed E-state index contributed by atoms with van der Waals surface area (Å²) in [7, 11) is 1.76. The lowest BCUT2D eigenvalue weighted by Gasteiger charge is -2.62. The Labute approximate surface area is 251 Å². The number of ketones is 1. The highest BCUT2D eigenvalue weighted by Crippen LogP contribution is 2.69. The maximum atomic E-state index is 14.4. The molecule has 0 aromatic heterocycles. The first-order valence-corrected chi connectivity index (χ1v) is 16.5. The molecule has 0 saturated heterocycles. The minimum Gasteiger partial charge on any atom is -0.461 e. The Hall–Kier alpha value is -1.16. The molecule has 41 heavy (non-hydrogen) atoms. The van der Waals surface area contributed by atoms with Gasteiger partial charge in [0.15, 0.2) is 0 Å². The molecule has 2 bridgehead atoms. The molecule has 0 aliphatic heterocycles. The quantitative estimate of drug-likeness (QED) is 0.137. The van der Waals surface area contributed by atoms with Crippen molar-refractivity contribution in [2.75, 3.05) is 19.0 Å². The number of hydrogen-bond donors (Lipinski definition) is 1. The van der Waals surface area contributed by atoms with E-state index in [-0.39, 0.29) is 52.4 Å². The van der Waals surface area contributed by atoms with E-state index >= 15 is 0 Å². The van der Waals surface area contributed by atoms with Gasteiger partial charge in [-0.25, -0.2) is 0 Å². The zero-order chi connectivity index (χ0) is 30.6. The summed E-state index contributed by atoms with van der Waals surface area (Å²) in [6, 6.07) is 0. The third-order valence-electron chi connectivity index (χ3n) is 11.2. The Morgan fingerprint density at radius 3 is 2.24 bits per heavy atom. The van der Waals surface area contributed by atoms with E-state index in [9.17, 15) is 27.6 Å². The van der Waals surface area contributed by atoms with E-state index in [1.165, 1.54) is 0 Å². The third-order valence-corrected chi connectivity index (χ3v) is 11.7. The highest BCUT2D eigenvalue weighted by Gasteiger charge is 2.68. The van der Waals surface area contributed by atoms with Gasteiger partial charge in [-0.15, -0.1) is 0 Å². The second-order valence-corrected chi connectivity index (χ2v) is 14.0. The van der Waals surface area contributed by atoms with Crippen molar-refractivity contribution < 1.29 is 37.0 Å². The van der Waals surface area contributed by atoms with Gasteiger partial charge in [0.25, 0.3) is 0 Å². The third kappa shape index (κ3) is 6.99. The largest absolute Gasteiger partial charge is 0.471 e. The number of halogens is 4. The van der Waals surface area contributed by atoms with Crippen molar-refractivity contribution in [3.8, 4) is 0 Å². The number of alkyl halides is 4. The van der Waals surface area contributed by atoms with E-state index < -0.39 is 23.6 Å². The molecule has 8 atom stereocenters. The normalized spacial score (nSPS) is 37.2. The van der Waals surface area contributed by atoms with Crippen LogP contribution in [0.4, 0.5) is 13.2 Å². The van der Waals surface area contributed by atoms with Gasteiger partial charge in [0, 0.05) is 36.3 Å². The van der Waals surface area contributed by atoms with Crippen LogP contribution in [0.3, 0.4) is 0 Å². The number of carbonyl (C=O) groups is 3. The second-order valence-electron chi connectivity index (χ2n) is 13.4. The average molecular weight is 653 g/mol. The van der Waals surface area contributed by atoms with Crippen LogP contribution in [-0.4, -0.2) is 55.0 Å². The number of rotatable bonds is 12. The molecule has 236 valence electrons. The van der Waals surface area contributed by atoms with Crippen LogP contribution in [0.1, 0.15) is 105 Å². The monoisotopic (exact) mass is 651 g/mol. The van der Waals surface area contributed by atoms with Gasteiger partial charge in [0.2, 0.25) is 0 Å². The minimum absolute atomic E-state index is 0.0151. The van der Waals surface area contributed by atoms with E-state index in [1.54, 1.807) is 7.11 Å².